The van der Waals surface area contributed by atoms with E-state index in [0.717, 1.165) is 5.56 Å². The van der Waals surface area contributed by atoms with Gasteiger partial charge in [0.25, 0.3) is 5.91 Å². The van der Waals surface area contributed by atoms with E-state index in [9.17, 15) is 9.59 Å². The molecule has 6 heteroatoms. The third kappa shape index (κ3) is 5.09. The first-order valence-corrected chi connectivity index (χ1v) is 8.86. The first-order valence-electron chi connectivity index (χ1n) is 8.10. The van der Waals surface area contributed by atoms with Crippen LogP contribution in [0.25, 0.3) is 0 Å². The van der Waals surface area contributed by atoms with E-state index in [1.807, 2.05) is 6.07 Å². The molecule has 136 valence electrons. The molecule has 0 unspecified atom stereocenters. The van der Waals surface area contributed by atoms with Gasteiger partial charge in [0.1, 0.15) is 6.61 Å². The molecule has 1 N–H and O–H groups in total. The SMILES string of the molecule is O=C(Nc1ccc(C(=O)OCc2ccc(Cl)c(Cl)c2)cc1)c1ccccc1. The Bertz CT molecular complexity index is 957. The number of carbonyl (C=O) groups is 2. The van der Waals surface area contributed by atoms with Crippen LogP contribution in [0.5, 0.6) is 0 Å². The Morgan fingerprint density at radius 2 is 1.52 bits per heavy atom. The van der Waals surface area contributed by atoms with E-state index < -0.39 is 5.97 Å². The molecule has 0 bridgehead atoms. The standard InChI is InChI=1S/C21H15Cl2NO3/c22-18-11-6-14(12-19(18)23)13-27-21(26)16-7-9-17(10-8-16)24-20(25)15-4-2-1-3-5-15/h1-12H,13H2,(H,24,25). The maximum Gasteiger partial charge on any atom is 0.338 e. The lowest BCUT2D eigenvalue weighted by atomic mass is 10.2. The lowest BCUT2D eigenvalue weighted by Crippen LogP contribution is -2.12. The van der Waals surface area contributed by atoms with Gasteiger partial charge in [0.2, 0.25) is 0 Å². The Morgan fingerprint density at radius 3 is 2.19 bits per heavy atom. The topological polar surface area (TPSA) is 55.4 Å². The number of hydrogen-bond donors (Lipinski definition) is 1. The van der Waals surface area contributed by atoms with E-state index in [2.05, 4.69) is 5.32 Å². The second-order valence-corrected chi connectivity index (χ2v) is 6.54. The Hall–Kier alpha value is -2.82. The van der Waals surface area contributed by atoms with Crippen LogP contribution in [0.1, 0.15) is 26.3 Å². The molecule has 3 aromatic carbocycles. The van der Waals surface area contributed by atoms with Crippen molar-refractivity contribution in [3.63, 3.8) is 0 Å². The van der Waals surface area contributed by atoms with Crippen molar-refractivity contribution in [3.8, 4) is 0 Å². The molecule has 0 saturated heterocycles. The lowest BCUT2D eigenvalue weighted by Gasteiger charge is -2.08. The number of carbonyl (C=O) groups excluding carboxylic acids is 2. The van der Waals surface area contributed by atoms with Crippen LogP contribution in [0.15, 0.2) is 72.8 Å². The summed E-state index contributed by atoms with van der Waals surface area (Å²) in [5, 5.41) is 3.63. The fraction of sp³-hybridized carbons (Fsp3) is 0.0476. The molecular weight excluding hydrogens is 385 g/mol. The van der Waals surface area contributed by atoms with Crippen molar-refractivity contribution in [2.24, 2.45) is 0 Å². The summed E-state index contributed by atoms with van der Waals surface area (Å²) in [5.74, 6) is -0.687. The quantitative estimate of drug-likeness (QED) is 0.567. The van der Waals surface area contributed by atoms with Crippen molar-refractivity contribution in [1.82, 2.24) is 0 Å². The van der Waals surface area contributed by atoms with Gasteiger partial charge in [-0.1, -0.05) is 47.5 Å². The van der Waals surface area contributed by atoms with E-state index >= 15 is 0 Å². The van der Waals surface area contributed by atoms with Crippen molar-refractivity contribution >= 4 is 40.8 Å². The fourth-order valence-corrected chi connectivity index (χ4v) is 2.66. The lowest BCUT2D eigenvalue weighted by molar-refractivity contribution is 0.0472. The Morgan fingerprint density at radius 1 is 0.815 bits per heavy atom. The second-order valence-electron chi connectivity index (χ2n) is 5.72. The summed E-state index contributed by atoms with van der Waals surface area (Å²) in [4.78, 5) is 24.3. The minimum atomic E-state index is -0.470. The molecule has 1 amide bonds. The fourth-order valence-electron chi connectivity index (χ4n) is 2.34. The van der Waals surface area contributed by atoms with E-state index in [0.29, 0.717) is 26.9 Å². The number of benzene rings is 3. The zero-order chi connectivity index (χ0) is 19.2. The summed E-state index contributed by atoms with van der Waals surface area (Å²) in [6.07, 6.45) is 0. The zero-order valence-electron chi connectivity index (χ0n) is 14.1. The van der Waals surface area contributed by atoms with Gasteiger partial charge in [0.05, 0.1) is 15.6 Å². The second kappa shape index (κ2) is 8.71. The van der Waals surface area contributed by atoms with Gasteiger partial charge < -0.3 is 10.1 Å². The van der Waals surface area contributed by atoms with E-state index in [1.165, 1.54) is 0 Å². The minimum absolute atomic E-state index is 0.0855. The van der Waals surface area contributed by atoms with Gasteiger partial charge in [-0.25, -0.2) is 4.79 Å². The van der Waals surface area contributed by atoms with Gasteiger partial charge >= 0.3 is 5.97 Å². The number of hydrogen-bond acceptors (Lipinski definition) is 3. The van der Waals surface area contributed by atoms with Gasteiger partial charge in [-0.3, -0.25) is 4.79 Å². The van der Waals surface area contributed by atoms with Crippen LogP contribution >= 0.6 is 23.2 Å². The molecule has 0 fully saturated rings. The number of rotatable bonds is 5. The van der Waals surface area contributed by atoms with Crippen LogP contribution in [-0.2, 0) is 11.3 Å². The largest absolute Gasteiger partial charge is 0.457 e. The third-order valence-electron chi connectivity index (χ3n) is 3.77. The van der Waals surface area contributed by atoms with Crippen molar-refractivity contribution in [3.05, 3.63) is 99.5 Å². The third-order valence-corrected chi connectivity index (χ3v) is 4.51. The summed E-state index contributed by atoms with van der Waals surface area (Å²) in [5.41, 5.74) is 2.27. The van der Waals surface area contributed by atoms with Crippen molar-refractivity contribution in [2.45, 2.75) is 6.61 Å². The number of halogens is 2. The van der Waals surface area contributed by atoms with Crippen LogP contribution < -0.4 is 5.32 Å². The first kappa shape index (κ1) is 19.0. The molecule has 3 aromatic rings. The highest BCUT2D eigenvalue weighted by atomic mass is 35.5. The zero-order valence-corrected chi connectivity index (χ0v) is 15.6. The molecule has 0 saturated carbocycles. The predicted octanol–water partition coefficient (Wildman–Crippen LogP) is 5.60. The average molecular weight is 400 g/mol. The maximum atomic E-state index is 12.2. The Balaban J connectivity index is 1.58. The molecule has 0 atom stereocenters. The van der Waals surface area contributed by atoms with Crippen molar-refractivity contribution < 1.29 is 14.3 Å². The van der Waals surface area contributed by atoms with Crippen LogP contribution in [-0.4, -0.2) is 11.9 Å². The average Bonchev–Trinajstić information content (AvgIpc) is 2.70. The predicted molar refractivity (Wildman–Crippen MR) is 106 cm³/mol. The van der Waals surface area contributed by atoms with Gasteiger partial charge in [0, 0.05) is 11.3 Å². The monoisotopic (exact) mass is 399 g/mol. The smallest absolute Gasteiger partial charge is 0.338 e. The van der Waals surface area contributed by atoms with Crippen molar-refractivity contribution in [1.29, 1.82) is 0 Å². The maximum absolute atomic E-state index is 12.2. The highest BCUT2D eigenvalue weighted by Crippen LogP contribution is 2.23. The van der Waals surface area contributed by atoms with Crippen molar-refractivity contribution in [2.75, 3.05) is 5.32 Å². The van der Waals surface area contributed by atoms with Gasteiger partial charge in [-0.2, -0.15) is 0 Å². The molecule has 0 heterocycles. The Kier molecular flexibility index (Phi) is 6.12. The first-order chi connectivity index (χ1) is 13.0. The van der Waals surface area contributed by atoms with Gasteiger partial charge in [0.15, 0.2) is 0 Å². The van der Waals surface area contributed by atoms with Crippen LogP contribution in [0, 0.1) is 0 Å². The molecule has 4 nitrogen and oxygen atoms in total. The number of anilines is 1. The normalized spacial score (nSPS) is 10.3. The highest BCUT2D eigenvalue weighted by molar-refractivity contribution is 6.42. The van der Waals surface area contributed by atoms with Crippen LogP contribution in [0.4, 0.5) is 5.69 Å². The number of ether oxygens (including phenoxy) is 1. The summed E-state index contributed by atoms with van der Waals surface area (Å²) in [7, 11) is 0. The van der Waals surface area contributed by atoms with E-state index in [4.69, 9.17) is 27.9 Å². The molecule has 0 spiro atoms. The number of amides is 1. The highest BCUT2D eigenvalue weighted by Gasteiger charge is 2.10. The molecule has 0 aliphatic carbocycles. The van der Waals surface area contributed by atoms with Gasteiger partial charge in [-0.05, 0) is 54.1 Å². The van der Waals surface area contributed by atoms with Gasteiger partial charge in [-0.15, -0.1) is 0 Å². The molecule has 0 radical (unpaired) electrons. The summed E-state index contributed by atoms with van der Waals surface area (Å²) in [6.45, 7) is 0.0855. The molecular formula is C21H15Cl2NO3. The van der Waals surface area contributed by atoms with E-state index in [-0.39, 0.29) is 12.5 Å². The molecule has 0 aliphatic heterocycles. The van der Waals surface area contributed by atoms with Crippen LogP contribution in [0.2, 0.25) is 10.0 Å². The number of esters is 1. The van der Waals surface area contributed by atoms with E-state index in [1.54, 1.807) is 66.7 Å². The molecule has 3 rings (SSSR count). The summed E-state index contributed by atoms with van der Waals surface area (Å²) >= 11 is 11.8. The van der Waals surface area contributed by atoms with Crippen LogP contribution in [0.3, 0.4) is 0 Å². The molecule has 0 aliphatic rings. The summed E-state index contributed by atoms with van der Waals surface area (Å²) in [6, 6.07) is 20.4. The number of nitrogens with one attached hydrogen (secondary N) is 1. The summed E-state index contributed by atoms with van der Waals surface area (Å²) < 4.78 is 5.27. The molecule has 27 heavy (non-hydrogen) atoms. The minimum Gasteiger partial charge on any atom is -0.457 e. The molecule has 0 aromatic heterocycles. The Labute approximate surface area is 166 Å².